The van der Waals surface area contributed by atoms with Crippen LogP contribution in [0.5, 0.6) is 11.5 Å². The summed E-state index contributed by atoms with van der Waals surface area (Å²) in [6.07, 6.45) is -0.910. The number of benzene rings is 1. The van der Waals surface area contributed by atoms with Crippen LogP contribution < -0.4 is 4.90 Å². The van der Waals surface area contributed by atoms with Crippen LogP contribution in [0, 0.1) is 5.41 Å². The van der Waals surface area contributed by atoms with Gasteiger partial charge >= 0.3 is 11.9 Å². The SMILES string of the molecule is C[C@H](OC(=O)C(C)(C)C)N(c1ccc(O)c(O)c1)C(C)(C)C(=O)O. The molecule has 7 heteroatoms. The lowest BCUT2D eigenvalue weighted by atomic mass is 9.97. The number of rotatable bonds is 5. The summed E-state index contributed by atoms with van der Waals surface area (Å²) in [5, 5.41) is 28.7. The first-order valence-electron chi connectivity index (χ1n) is 7.54. The number of ether oxygens (including phenoxy) is 1. The van der Waals surface area contributed by atoms with Crippen molar-refractivity contribution in [3.05, 3.63) is 18.2 Å². The van der Waals surface area contributed by atoms with Gasteiger partial charge in [0, 0.05) is 11.8 Å². The fraction of sp³-hybridized carbons (Fsp3) is 0.529. The Balaban J connectivity index is 3.31. The van der Waals surface area contributed by atoms with Gasteiger partial charge in [-0.2, -0.15) is 0 Å². The molecule has 134 valence electrons. The number of carbonyl (C=O) groups is 2. The quantitative estimate of drug-likeness (QED) is 0.430. The van der Waals surface area contributed by atoms with Gasteiger partial charge < -0.3 is 25.0 Å². The standard InChI is InChI=1S/C17H25NO6/c1-10(24-15(23)16(2,3)4)18(17(5,6)14(21)22)11-7-8-12(19)13(20)9-11/h7-10,19-20H,1-6H3,(H,21,22)/t10-/m0/s1. The highest BCUT2D eigenvalue weighted by molar-refractivity contribution is 5.83. The Bertz CT molecular complexity index is 632. The summed E-state index contributed by atoms with van der Waals surface area (Å²) < 4.78 is 5.42. The zero-order chi connectivity index (χ0) is 18.9. The average Bonchev–Trinajstić information content (AvgIpc) is 2.41. The fourth-order valence-electron chi connectivity index (χ4n) is 2.14. The number of aliphatic carboxylic acids is 1. The number of aromatic hydroxyl groups is 2. The first kappa shape index (κ1) is 19.6. The lowest BCUT2D eigenvalue weighted by Gasteiger charge is -2.41. The minimum absolute atomic E-state index is 0.298. The minimum Gasteiger partial charge on any atom is -0.504 e. The number of nitrogens with zero attached hydrogens (tertiary/aromatic N) is 1. The number of carboxylic acids is 1. The van der Waals surface area contributed by atoms with Crippen LogP contribution in [0.15, 0.2) is 18.2 Å². The molecule has 1 aromatic rings. The molecule has 0 aromatic heterocycles. The highest BCUT2D eigenvalue weighted by Crippen LogP contribution is 2.34. The van der Waals surface area contributed by atoms with E-state index in [1.807, 2.05) is 0 Å². The average molecular weight is 339 g/mol. The summed E-state index contributed by atoms with van der Waals surface area (Å²) in [7, 11) is 0. The second-order valence-corrected chi connectivity index (χ2v) is 7.16. The lowest BCUT2D eigenvalue weighted by Crippen LogP contribution is -2.56. The summed E-state index contributed by atoms with van der Waals surface area (Å²) >= 11 is 0. The number of carboxylic acid groups (broad SMARTS) is 1. The second kappa shape index (κ2) is 6.59. The molecular weight excluding hydrogens is 314 g/mol. The van der Waals surface area contributed by atoms with Gasteiger partial charge in [0.05, 0.1) is 5.41 Å². The van der Waals surface area contributed by atoms with E-state index < -0.39 is 34.9 Å². The molecule has 0 bridgehead atoms. The predicted octanol–water partition coefficient (Wildman–Crippen LogP) is 2.70. The van der Waals surface area contributed by atoms with Crippen molar-refractivity contribution in [2.75, 3.05) is 4.90 Å². The van der Waals surface area contributed by atoms with Crippen molar-refractivity contribution in [3.63, 3.8) is 0 Å². The number of carbonyl (C=O) groups excluding carboxylic acids is 1. The largest absolute Gasteiger partial charge is 0.504 e. The number of hydrogen-bond donors (Lipinski definition) is 3. The van der Waals surface area contributed by atoms with Gasteiger partial charge in [0.15, 0.2) is 17.7 Å². The van der Waals surface area contributed by atoms with Gasteiger partial charge in [-0.15, -0.1) is 0 Å². The van der Waals surface area contributed by atoms with E-state index in [1.165, 1.54) is 36.9 Å². The lowest BCUT2D eigenvalue weighted by molar-refractivity contribution is -0.160. The summed E-state index contributed by atoms with van der Waals surface area (Å²) in [4.78, 5) is 25.2. The van der Waals surface area contributed by atoms with Crippen molar-refractivity contribution in [1.29, 1.82) is 0 Å². The maximum Gasteiger partial charge on any atom is 0.329 e. The number of hydrogen-bond acceptors (Lipinski definition) is 6. The Kier molecular flexibility index (Phi) is 5.38. The second-order valence-electron chi connectivity index (χ2n) is 7.16. The van der Waals surface area contributed by atoms with Gasteiger partial charge in [0.2, 0.25) is 0 Å². The van der Waals surface area contributed by atoms with Crippen LogP contribution in [0.4, 0.5) is 5.69 Å². The van der Waals surface area contributed by atoms with Gasteiger partial charge in [0.25, 0.3) is 0 Å². The molecule has 0 aliphatic rings. The fourth-order valence-corrected chi connectivity index (χ4v) is 2.14. The zero-order valence-corrected chi connectivity index (χ0v) is 14.8. The molecule has 0 aliphatic heterocycles. The van der Waals surface area contributed by atoms with Crippen LogP contribution in [0.25, 0.3) is 0 Å². The molecule has 0 spiro atoms. The highest BCUT2D eigenvalue weighted by Gasteiger charge is 2.40. The molecule has 0 aliphatic carbocycles. The van der Waals surface area contributed by atoms with Crippen molar-refractivity contribution in [2.45, 2.75) is 53.3 Å². The van der Waals surface area contributed by atoms with E-state index in [9.17, 15) is 24.9 Å². The normalized spacial score (nSPS) is 13.2. The van der Waals surface area contributed by atoms with Crippen molar-refractivity contribution >= 4 is 17.6 Å². The smallest absolute Gasteiger partial charge is 0.329 e. The van der Waals surface area contributed by atoms with Crippen molar-refractivity contribution < 1.29 is 29.6 Å². The van der Waals surface area contributed by atoms with Crippen molar-refractivity contribution in [3.8, 4) is 11.5 Å². The Hall–Kier alpha value is -2.44. The van der Waals surface area contributed by atoms with Crippen LogP contribution in [-0.4, -0.2) is 39.0 Å². The van der Waals surface area contributed by atoms with Crippen molar-refractivity contribution in [2.24, 2.45) is 5.41 Å². The molecular formula is C17H25NO6. The third-order valence-corrected chi connectivity index (χ3v) is 3.62. The highest BCUT2D eigenvalue weighted by atomic mass is 16.6. The summed E-state index contributed by atoms with van der Waals surface area (Å²) in [6.45, 7) is 9.56. The van der Waals surface area contributed by atoms with Gasteiger partial charge in [-0.05, 0) is 53.7 Å². The molecule has 0 saturated heterocycles. The van der Waals surface area contributed by atoms with E-state index in [1.54, 1.807) is 27.7 Å². The van der Waals surface area contributed by atoms with Gasteiger partial charge in [-0.3, -0.25) is 4.79 Å². The van der Waals surface area contributed by atoms with Gasteiger partial charge in [-0.1, -0.05) is 0 Å². The van der Waals surface area contributed by atoms with E-state index in [4.69, 9.17) is 4.74 Å². The molecule has 3 N–H and O–H groups in total. The maximum atomic E-state index is 12.1. The molecule has 1 aromatic carbocycles. The van der Waals surface area contributed by atoms with Crippen molar-refractivity contribution in [1.82, 2.24) is 0 Å². The number of anilines is 1. The van der Waals surface area contributed by atoms with E-state index in [-0.39, 0.29) is 5.75 Å². The third kappa shape index (κ3) is 4.10. The Labute approximate surface area is 141 Å². The maximum absolute atomic E-state index is 12.1. The molecule has 24 heavy (non-hydrogen) atoms. The molecule has 0 unspecified atom stereocenters. The van der Waals surface area contributed by atoms with E-state index in [2.05, 4.69) is 0 Å². The molecule has 0 saturated carbocycles. The molecule has 0 fully saturated rings. The Morgan fingerprint density at radius 1 is 1.08 bits per heavy atom. The molecule has 0 heterocycles. The van der Waals surface area contributed by atoms with Crippen LogP contribution in [-0.2, 0) is 14.3 Å². The monoisotopic (exact) mass is 339 g/mol. The van der Waals surface area contributed by atoms with Gasteiger partial charge in [-0.25, -0.2) is 4.79 Å². The number of phenolic OH excluding ortho intramolecular Hbond substituents is 2. The Morgan fingerprint density at radius 3 is 2.04 bits per heavy atom. The first-order valence-corrected chi connectivity index (χ1v) is 7.54. The van der Waals surface area contributed by atoms with Crippen LogP contribution >= 0.6 is 0 Å². The zero-order valence-electron chi connectivity index (χ0n) is 14.8. The molecule has 7 nitrogen and oxygen atoms in total. The summed E-state index contributed by atoms with van der Waals surface area (Å²) in [6, 6.07) is 3.91. The number of esters is 1. The first-order chi connectivity index (χ1) is 10.8. The molecule has 0 radical (unpaired) electrons. The van der Waals surface area contributed by atoms with Crippen LogP contribution in [0.2, 0.25) is 0 Å². The molecule has 0 amide bonds. The molecule has 1 atom stereocenters. The summed E-state index contributed by atoms with van der Waals surface area (Å²) in [5.74, 6) is -2.34. The van der Waals surface area contributed by atoms with Crippen LogP contribution in [0.1, 0.15) is 41.5 Å². The number of phenols is 2. The minimum atomic E-state index is -1.43. The molecule has 1 rings (SSSR count). The third-order valence-electron chi connectivity index (χ3n) is 3.62. The Morgan fingerprint density at radius 2 is 1.62 bits per heavy atom. The van der Waals surface area contributed by atoms with Gasteiger partial charge in [0.1, 0.15) is 5.54 Å². The summed E-state index contributed by atoms with van der Waals surface area (Å²) in [5.41, 5.74) is -1.88. The predicted molar refractivity (Wildman–Crippen MR) is 89.0 cm³/mol. The van der Waals surface area contributed by atoms with Crippen LogP contribution in [0.3, 0.4) is 0 Å². The van der Waals surface area contributed by atoms with E-state index in [0.29, 0.717) is 5.69 Å². The topological polar surface area (TPSA) is 107 Å². The van der Waals surface area contributed by atoms with E-state index in [0.717, 1.165) is 0 Å². The van der Waals surface area contributed by atoms with E-state index >= 15 is 0 Å².